The van der Waals surface area contributed by atoms with Crippen molar-refractivity contribution in [1.82, 2.24) is 4.90 Å². The van der Waals surface area contributed by atoms with Gasteiger partial charge in [0.2, 0.25) is 0 Å². The number of carbonyl (C=O) groups is 2. The number of benzene rings is 2. The summed E-state index contributed by atoms with van der Waals surface area (Å²) in [5, 5.41) is 0. The second-order valence-corrected chi connectivity index (χ2v) is 8.85. The van der Waals surface area contributed by atoms with E-state index in [1.165, 1.54) is 18.6 Å². The third-order valence-electron chi connectivity index (χ3n) is 6.80. The normalized spacial score (nSPS) is 23.4. The third kappa shape index (κ3) is 5.21. The monoisotopic (exact) mass is 423 g/mol. The summed E-state index contributed by atoms with van der Waals surface area (Å²) in [5.41, 5.74) is 1.78. The molecule has 2 aliphatic rings. The first kappa shape index (κ1) is 21.7. The summed E-state index contributed by atoms with van der Waals surface area (Å²) >= 11 is 0. The van der Waals surface area contributed by atoms with E-state index >= 15 is 0 Å². The Bertz CT molecular complexity index is 881. The highest BCUT2D eigenvalue weighted by Crippen LogP contribution is 2.37. The van der Waals surface area contributed by atoms with Crippen LogP contribution in [0.15, 0.2) is 54.6 Å². The first-order valence-corrected chi connectivity index (χ1v) is 11.3. The van der Waals surface area contributed by atoms with Crippen LogP contribution in [0.4, 0.5) is 4.39 Å². The van der Waals surface area contributed by atoms with Gasteiger partial charge in [0, 0.05) is 24.9 Å². The lowest BCUT2D eigenvalue weighted by Crippen LogP contribution is -2.46. The van der Waals surface area contributed by atoms with Crippen molar-refractivity contribution in [3.05, 3.63) is 71.5 Å². The summed E-state index contributed by atoms with van der Waals surface area (Å²) < 4.78 is 19.6. The molecule has 0 N–H and O–H groups in total. The Kier molecular flexibility index (Phi) is 7.13. The largest absolute Gasteiger partial charge is 0.460 e. The number of ether oxygens (including phenoxy) is 1. The van der Waals surface area contributed by atoms with Crippen molar-refractivity contribution in [2.24, 2.45) is 11.8 Å². The summed E-state index contributed by atoms with van der Waals surface area (Å²) in [5.74, 6) is -0.640. The van der Waals surface area contributed by atoms with E-state index in [1.54, 1.807) is 6.07 Å². The van der Waals surface area contributed by atoms with Gasteiger partial charge in [0.15, 0.2) is 0 Å². The second-order valence-electron chi connectivity index (χ2n) is 8.85. The number of nitrogens with zero attached hydrogens (tertiary/aromatic N) is 1. The molecule has 164 valence electrons. The van der Waals surface area contributed by atoms with Crippen LogP contribution in [0.5, 0.6) is 0 Å². The summed E-state index contributed by atoms with van der Waals surface area (Å²) in [6.45, 7) is 1.32. The van der Waals surface area contributed by atoms with Crippen LogP contribution in [0.25, 0.3) is 0 Å². The molecule has 4 rings (SSSR count). The van der Waals surface area contributed by atoms with Crippen LogP contribution in [-0.4, -0.2) is 36.3 Å². The van der Waals surface area contributed by atoms with Crippen molar-refractivity contribution in [2.45, 2.75) is 50.7 Å². The number of halogens is 1. The highest BCUT2D eigenvalue weighted by atomic mass is 19.1. The van der Waals surface area contributed by atoms with Crippen LogP contribution in [0, 0.1) is 17.7 Å². The third-order valence-corrected chi connectivity index (χ3v) is 6.80. The minimum Gasteiger partial charge on any atom is -0.460 e. The standard InChI is InChI=1S/C26H30FNO3/c27-23-13-7-12-21(14-23)24-16-28(15-22(24)17-29)25(20-10-5-2-6-11-20)26(30)31-18-19-8-3-1-4-9-19/h1,3-4,7-9,12-14,17,20,22,24-25H,2,5-6,10-11,15-16,18H2. The van der Waals surface area contributed by atoms with E-state index in [2.05, 4.69) is 4.90 Å². The topological polar surface area (TPSA) is 46.6 Å². The zero-order valence-corrected chi connectivity index (χ0v) is 17.8. The second kappa shape index (κ2) is 10.2. The maximum Gasteiger partial charge on any atom is 0.323 e. The number of rotatable bonds is 7. The number of hydrogen-bond donors (Lipinski definition) is 0. The summed E-state index contributed by atoms with van der Waals surface area (Å²) in [4.78, 5) is 27.3. The predicted molar refractivity (Wildman–Crippen MR) is 117 cm³/mol. The lowest BCUT2D eigenvalue weighted by molar-refractivity contribution is -0.154. The lowest BCUT2D eigenvalue weighted by Gasteiger charge is -2.35. The van der Waals surface area contributed by atoms with E-state index in [-0.39, 0.29) is 42.2 Å². The molecule has 0 aromatic heterocycles. The van der Waals surface area contributed by atoms with E-state index in [0.29, 0.717) is 13.1 Å². The first-order chi connectivity index (χ1) is 15.2. The molecule has 1 aliphatic carbocycles. The fourth-order valence-electron chi connectivity index (χ4n) is 5.22. The average molecular weight is 424 g/mol. The van der Waals surface area contributed by atoms with Crippen molar-refractivity contribution in [2.75, 3.05) is 13.1 Å². The Morgan fingerprint density at radius 2 is 1.84 bits per heavy atom. The van der Waals surface area contributed by atoms with Gasteiger partial charge < -0.3 is 9.53 Å². The predicted octanol–water partition coefficient (Wildman–Crippen LogP) is 4.73. The van der Waals surface area contributed by atoms with E-state index < -0.39 is 0 Å². The van der Waals surface area contributed by atoms with Crippen molar-refractivity contribution in [3.63, 3.8) is 0 Å². The molecule has 0 amide bonds. The smallest absolute Gasteiger partial charge is 0.323 e. The van der Waals surface area contributed by atoms with Gasteiger partial charge in [-0.3, -0.25) is 9.69 Å². The molecule has 2 fully saturated rings. The van der Waals surface area contributed by atoms with E-state index in [1.807, 2.05) is 36.4 Å². The number of aldehydes is 1. The SMILES string of the molecule is O=CC1CN(C(C(=O)OCc2ccccc2)C2CCCCC2)CC1c1cccc(F)c1. The molecule has 2 aromatic rings. The van der Waals surface area contributed by atoms with Gasteiger partial charge in [0.05, 0.1) is 0 Å². The van der Waals surface area contributed by atoms with E-state index in [0.717, 1.165) is 43.1 Å². The highest BCUT2D eigenvalue weighted by molar-refractivity contribution is 5.76. The van der Waals surface area contributed by atoms with Gasteiger partial charge in [-0.25, -0.2) is 4.39 Å². The highest BCUT2D eigenvalue weighted by Gasteiger charge is 2.43. The number of hydrogen-bond acceptors (Lipinski definition) is 4. The quantitative estimate of drug-likeness (QED) is 0.477. The molecule has 0 spiro atoms. The van der Waals surface area contributed by atoms with Gasteiger partial charge in [-0.1, -0.05) is 61.7 Å². The Morgan fingerprint density at radius 1 is 1.06 bits per heavy atom. The Labute approximate surface area is 183 Å². The molecule has 5 heteroatoms. The zero-order valence-electron chi connectivity index (χ0n) is 17.8. The summed E-state index contributed by atoms with van der Waals surface area (Å²) in [6, 6.07) is 15.8. The minimum absolute atomic E-state index is 0.110. The van der Waals surface area contributed by atoms with Crippen molar-refractivity contribution < 1.29 is 18.7 Å². The van der Waals surface area contributed by atoms with Crippen LogP contribution in [-0.2, 0) is 20.9 Å². The van der Waals surface area contributed by atoms with Gasteiger partial charge in [-0.2, -0.15) is 0 Å². The van der Waals surface area contributed by atoms with Gasteiger partial charge in [0.1, 0.15) is 24.8 Å². The van der Waals surface area contributed by atoms with Crippen molar-refractivity contribution >= 4 is 12.3 Å². The molecule has 2 aromatic carbocycles. The van der Waals surface area contributed by atoms with Crippen molar-refractivity contribution in [1.29, 1.82) is 0 Å². The van der Waals surface area contributed by atoms with Crippen LogP contribution in [0.1, 0.15) is 49.1 Å². The molecular weight excluding hydrogens is 393 g/mol. The lowest BCUT2D eigenvalue weighted by atomic mass is 9.83. The molecule has 1 saturated carbocycles. The molecular formula is C26H30FNO3. The molecule has 31 heavy (non-hydrogen) atoms. The van der Waals surface area contributed by atoms with Crippen molar-refractivity contribution in [3.8, 4) is 0 Å². The van der Waals surface area contributed by atoms with E-state index in [4.69, 9.17) is 4.74 Å². The molecule has 1 aliphatic heterocycles. The maximum absolute atomic E-state index is 13.8. The molecule has 1 heterocycles. The zero-order chi connectivity index (χ0) is 21.6. The molecule has 3 unspecified atom stereocenters. The van der Waals surface area contributed by atoms with Gasteiger partial charge in [-0.05, 0) is 42.0 Å². The number of esters is 1. The van der Waals surface area contributed by atoms with Crippen LogP contribution in [0.3, 0.4) is 0 Å². The fourth-order valence-corrected chi connectivity index (χ4v) is 5.22. The molecule has 0 radical (unpaired) electrons. The minimum atomic E-state index is -0.356. The Balaban J connectivity index is 1.53. The number of carbonyl (C=O) groups excluding carboxylic acids is 2. The molecule has 0 bridgehead atoms. The Morgan fingerprint density at radius 3 is 2.55 bits per heavy atom. The maximum atomic E-state index is 13.8. The first-order valence-electron chi connectivity index (χ1n) is 11.3. The average Bonchev–Trinajstić information content (AvgIpc) is 3.23. The molecule has 3 atom stereocenters. The summed E-state index contributed by atoms with van der Waals surface area (Å²) in [7, 11) is 0. The van der Waals surface area contributed by atoms with Crippen LogP contribution < -0.4 is 0 Å². The Hall–Kier alpha value is -2.53. The fraction of sp³-hybridized carbons (Fsp3) is 0.462. The molecule has 4 nitrogen and oxygen atoms in total. The van der Waals surface area contributed by atoms with Gasteiger partial charge in [-0.15, -0.1) is 0 Å². The summed E-state index contributed by atoms with van der Waals surface area (Å²) in [6.07, 6.45) is 6.39. The van der Waals surface area contributed by atoms with Crippen LogP contribution >= 0.6 is 0 Å². The van der Waals surface area contributed by atoms with Gasteiger partial charge >= 0.3 is 5.97 Å². The van der Waals surface area contributed by atoms with E-state index in [9.17, 15) is 14.0 Å². The van der Waals surface area contributed by atoms with Crippen LogP contribution in [0.2, 0.25) is 0 Å². The molecule has 1 saturated heterocycles. The van der Waals surface area contributed by atoms with Gasteiger partial charge in [0.25, 0.3) is 0 Å². The number of likely N-dealkylation sites (tertiary alicyclic amines) is 1.